The molecule has 0 unspecified atom stereocenters. The SMILES string of the molecule is Cc1cc(OCCO)cc(C)c1-c1cccc(COc2ccc(Cn3oc(=O)[n-]c3=O)cc2)c1.[Na+]. The van der Waals surface area contributed by atoms with Crippen molar-refractivity contribution in [2.75, 3.05) is 13.2 Å². The molecule has 4 aromatic rings. The maximum Gasteiger partial charge on any atom is 1.00 e. The van der Waals surface area contributed by atoms with E-state index < -0.39 is 11.4 Å². The standard InChI is InChI=1S/C26H26N2O6.Na/c1-17-12-23(32-11-10-29)13-18(2)24(17)21-5-3-4-20(14-21)16-33-22-8-6-19(7-9-22)15-28-25(30)27-26(31)34-28;/h3-9,12-14,29H,10-11,15-16H2,1-2H3,(H,27,30,31);/q;+1/p-1. The minimum atomic E-state index is -0.899. The molecule has 8 nitrogen and oxygen atoms in total. The molecule has 176 valence electrons. The Labute approximate surface area is 224 Å². The molecular weight excluding hydrogens is 459 g/mol. The van der Waals surface area contributed by atoms with Crippen molar-refractivity contribution >= 4 is 0 Å². The van der Waals surface area contributed by atoms with Gasteiger partial charge in [-0.1, -0.05) is 30.3 Å². The average molecular weight is 484 g/mol. The van der Waals surface area contributed by atoms with Gasteiger partial charge in [0.1, 0.15) is 24.7 Å². The van der Waals surface area contributed by atoms with Crippen LogP contribution < -0.4 is 55.5 Å². The molecule has 35 heavy (non-hydrogen) atoms. The largest absolute Gasteiger partial charge is 1.00 e. The summed E-state index contributed by atoms with van der Waals surface area (Å²) in [6.45, 7) is 4.86. The summed E-state index contributed by atoms with van der Waals surface area (Å²) >= 11 is 0. The predicted molar refractivity (Wildman–Crippen MR) is 126 cm³/mol. The van der Waals surface area contributed by atoms with Gasteiger partial charge in [-0.2, -0.15) is 0 Å². The first-order valence-electron chi connectivity index (χ1n) is 10.8. The van der Waals surface area contributed by atoms with Gasteiger partial charge in [0.2, 0.25) is 0 Å². The van der Waals surface area contributed by atoms with Gasteiger partial charge in [0, 0.05) is 6.54 Å². The molecular formula is C26H25N2NaO6. The van der Waals surface area contributed by atoms with Crippen molar-refractivity contribution in [3.05, 3.63) is 104 Å². The fourth-order valence-corrected chi connectivity index (χ4v) is 3.85. The average Bonchev–Trinajstić information content (AvgIpc) is 3.13. The monoisotopic (exact) mass is 484 g/mol. The van der Waals surface area contributed by atoms with Crippen LogP contribution in [-0.2, 0) is 13.2 Å². The Morgan fingerprint density at radius 3 is 2.26 bits per heavy atom. The van der Waals surface area contributed by atoms with E-state index in [2.05, 4.69) is 17.1 Å². The summed E-state index contributed by atoms with van der Waals surface area (Å²) in [5.74, 6) is 0.530. The molecule has 1 heterocycles. The number of aliphatic hydroxyl groups excluding tert-OH is 1. The minimum Gasteiger partial charge on any atom is -0.491 e. The van der Waals surface area contributed by atoms with Crippen LogP contribution in [0.2, 0.25) is 0 Å². The molecule has 4 rings (SSSR count). The Kier molecular flexibility index (Phi) is 9.17. The van der Waals surface area contributed by atoms with Gasteiger partial charge >= 0.3 is 35.3 Å². The molecule has 0 atom stereocenters. The second-order valence-electron chi connectivity index (χ2n) is 7.93. The van der Waals surface area contributed by atoms with Crippen molar-refractivity contribution < 1.29 is 48.7 Å². The van der Waals surface area contributed by atoms with Crippen LogP contribution in [0.1, 0.15) is 22.3 Å². The van der Waals surface area contributed by atoms with Gasteiger partial charge in [0.25, 0.3) is 0 Å². The molecule has 0 amide bonds. The molecule has 0 aliphatic heterocycles. The van der Waals surface area contributed by atoms with Crippen molar-refractivity contribution in [3.8, 4) is 22.6 Å². The minimum absolute atomic E-state index is 0. The molecule has 0 bridgehead atoms. The Morgan fingerprint density at radius 1 is 0.914 bits per heavy atom. The Morgan fingerprint density at radius 2 is 1.63 bits per heavy atom. The summed E-state index contributed by atoms with van der Waals surface area (Å²) in [6.07, 6.45) is 0. The van der Waals surface area contributed by atoms with E-state index in [1.807, 2.05) is 38.1 Å². The van der Waals surface area contributed by atoms with Gasteiger partial charge in [-0.3, -0.25) is 9.53 Å². The number of hydrogen-bond acceptors (Lipinski definition) is 6. The fraction of sp³-hybridized carbons (Fsp3) is 0.231. The van der Waals surface area contributed by atoms with Crippen LogP contribution in [0.5, 0.6) is 11.5 Å². The third kappa shape index (κ3) is 6.76. The molecule has 0 saturated heterocycles. The molecule has 0 fully saturated rings. The van der Waals surface area contributed by atoms with Gasteiger partial charge in [0.15, 0.2) is 5.69 Å². The quantitative estimate of drug-likeness (QED) is 0.335. The molecule has 0 radical (unpaired) electrons. The molecule has 0 aliphatic carbocycles. The van der Waals surface area contributed by atoms with E-state index in [4.69, 9.17) is 19.1 Å². The van der Waals surface area contributed by atoms with Crippen LogP contribution in [-0.4, -0.2) is 23.1 Å². The molecule has 0 aliphatic rings. The van der Waals surface area contributed by atoms with Gasteiger partial charge in [0.05, 0.1) is 6.61 Å². The van der Waals surface area contributed by atoms with Gasteiger partial charge in [-0.05, 0) is 77.6 Å². The van der Waals surface area contributed by atoms with E-state index in [1.165, 1.54) is 0 Å². The first-order chi connectivity index (χ1) is 16.4. The molecule has 1 N–H and O–H groups in total. The van der Waals surface area contributed by atoms with Crippen molar-refractivity contribution in [1.29, 1.82) is 0 Å². The summed E-state index contributed by atoms with van der Waals surface area (Å²) < 4.78 is 17.1. The number of nitrogens with zero attached hydrogens (tertiary/aromatic N) is 2. The number of ether oxygens (including phenoxy) is 2. The molecule has 1 aromatic heterocycles. The zero-order valence-corrected chi connectivity index (χ0v) is 22.0. The summed E-state index contributed by atoms with van der Waals surface area (Å²) in [4.78, 5) is 25.8. The van der Waals surface area contributed by atoms with E-state index in [9.17, 15) is 9.59 Å². The number of aryl methyl sites for hydroxylation is 2. The summed E-state index contributed by atoms with van der Waals surface area (Å²) in [5, 5.41) is 8.98. The van der Waals surface area contributed by atoms with Crippen LogP contribution in [0.4, 0.5) is 0 Å². The van der Waals surface area contributed by atoms with Crippen molar-refractivity contribution in [2.24, 2.45) is 0 Å². The maximum atomic E-state index is 11.5. The van der Waals surface area contributed by atoms with Crippen molar-refractivity contribution in [3.63, 3.8) is 0 Å². The van der Waals surface area contributed by atoms with Crippen molar-refractivity contribution in [2.45, 2.75) is 27.0 Å². The van der Waals surface area contributed by atoms with E-state index in [0.717, 1.165) is 43.9 Å². The van der Waals surface area contributed by atoms with Crippen LogP contribution in [0.25, 0.3) is 11.1 Å². The number of benzene rings is 3. The summed E-state index contributed by atoms with van der Waals surface area (Å²) in [5.41, 5.74) is 5.53. The maximum absolute atomic E-state index is 11.5. The Balaban J connectivity index is 0.00000342. The summed E-state index contributed by atoms with van der Waals surface area (Å²) in [6, 6.07) is 19.4. The molecule has 0 spiro atoms. The van der Waals surface area contributed by atoms with Crippen molar-refractivity contribution in [1.82, 2.24) is 9.72 Å². The third-order valence-corrected chi connectivity index (χ3v) is 5.33. The van der Waals surface area contributed by atoms with Crippen LogP contribution in [0.15, 0.2) is 74.8 Å². The summed E-state index contributed by atoms with van der Waals surface area (Å²) in [7, 11) is 0. The normalized spacial score (nSPS) is 10.6. The van der Waals surface area contributed by atoms with Crippen LogP contribution >= 0.6 is 0 Å². The van der Waals surface area contributed by atoms with E-state index in [-0.39, 0.29) is 49.3 Å². The zero-order valence-electron chi connectivity index (χ0n) is 20.0. The molecule has 3 aromatic carbocycles. The van der Waals surface area contributed by atoms with E-state index in [0.29, 0.717) is 12.4 Å². The zero-order chi connectivity index (χ0) is 24.1. The first kappa shape index (κ1) is 26.6. The first-order valence-corrected chi connectivity index (χ1v) is 10.8. The number of hydrogen-bond donors (Lipinski definition) is 1. The molecule has 0 saturated carbocycles. The number of rotatable bonds is 9. The Hall–Kier alpha value is -3.04. The second-order valence-corrected chi connectivity index (χ2v) is 7.93. The van der Waals surface area contributed by atoms with Gasteiger partial charge in [-0.15, -0.1) is 0 Å². The van der Waals surface area contributed by atoms with Gasteiger partial charge < -0.3 is 24.1 Å². The predicted octanol–water partition coefficient (Wildman–Crippen LogP) is 0.0449. The number of aromatic nitrogens is 2. The third-order valence-electron chi connectivity index (χ3n) is 5.33. The number of aliphatic hydroxyl groups is 1. The topological polar surface area (TPSA) is 105 Å². The van der Waals surface area contributed by atoms with Crippen LogP contribution in [0.3, 0.4) is 0 Å². The van der Waals surface area contributed by atoms with Gasteiger partial charge in [-0.25, -0.2) is 4.79 Å². The second kappa shape index (κ2) is 12.1. The van der Waals surface area contributed by atoms with E-state index in [1.54, 1.807) is 24.3 Å². The fourth-order valence-electron chi connectivity index (χ4n) is 3.85. The Bertz CT molecular complexity index is 1360. The molecule has 9 heteroatoms. The van der Waals surface area contributed by atoms with Crippen LogP contribution in [0, 0.1) is 13.8 Å². The van der Waals surface area contributed by atoms with E-state index >= 15 is 0 Å². The smallest absolute Gasteiger partial charge is 0.491 e.